The summed E-state index contributed by atoms with van der Waals surface area (Å²) in [6.07, 6.45) is 2.30. The number of carbonyl (C=O) groups is 1. The monoisotopic (exact) mass is 268 g/mol. The summed E-state index contributed by atoms with van der Waals surface area (Å²) in [6, 6.07) is 3.59. The third-order valence-corrected chi connectivity index (χ3v) is 3.94. The van der Waals surface area contributed by atoms with E-state index in [0.29, 0.717) is 13.1 Å². The van der Waals surface area contributed by atoms with Crippen molar-refractivity contribution in [1.82, 2.24) is 4.90 Å². The smallest absolute Gasteiger partial charge is 0.239 e. The van der Waals surface area contributed by atoms with Gasteiger partial charge in [0.05, 0.1) is 18.7 Å². The third kappa shape index (κ3) is 3.54. The molecule has 2 rings (SSSR count). The van der Waals surface area contributed by atoms with Crippen LogP contribution in [0.5, 0.6) is 0 Å². The molecule has 1 saturated heterocycles. The number of rotatable bonds is 5. The highest BCUT2D eigenvalue weighted by Crippen LogP contribution is 2.17. The van der Waals surface area contributed by atoms with Gasteiger partial charge < -0.3 is 15.4 Å². The van der Waals surface area contributed by atoms with Crippen LogP contribution < -0.4 is 5.73 Å². The Kier molecular flexibility index (Phi) is 4.74. The minimum atomic E-state index is -0.452. The number of amides is 1. The summed E-state index contributed by atoms with van der Waals surface area (Å²) >= 11 is 1.66. The van der Waals surface area contributed by atoms with Crippen LogP contribution in [0.15, 0.2) is 17.5 Å². The van der Waals surface area contributed by atoms with Crippen LogP contribution in [0.4, 0.5) is 0 Å². The highest BCUT2D eigenvalue weighted by molar-refractivity contribution is 7.09. The van der Waals surface area contributed by atoms with Gasteiger partial charge in [-0.15, -0.1) is 11.3 Å². The molecule has 2 atom stereocenters. The lowest BCUT2D eigenvalue weighted by atomic mass is 10.2. The Balaban J connectivity index is 1.99. The highest BCUT2D eigenvalue weighted by atomic mass is 32.1. The van der Waals surface area contributed by atoms with Crippen molar-refractivity contribution in [2.75, 3.05) is 13.2 Å². The average Bonchev–Trinajstić information content (AvgIpc) is 2.99. The van der Waals surface area contributed by atoms with E-state index in [0.717, 1.165) is 19.4 Å². The van der Waals surface area contributed by atoms with E-state index in [1.54, 1.807) is 18.3 Å². The number of carbonyl (C=O) groups excluding carboxylic acids is 1. The molecule has 2 heterocycles. The van der Waals surface area contributed by atoms with Crippen LogP contribution >= 0.6 is 11.3 Å². The Morgan fingerprint density at radius 3 is 3.11 bits per heavy atom. The number of nitrogens with two attached hydrogens (primary N) is 1. The number of hydrogen-bond acceptors (Lipinski definition) is 4. The van der Waals surface area contributed by atoms with Crippen molar-refractivity contribution in [2.24, 2.45) is 5.73 Å². The zero-order chi connectivity index (χ0) is 13.0. The second-order valence-electron chi connectivity index (χ2n) is 4.72. The maximum atomic E-state index is 12.1. The van der Waals surface area contributed by atoms with Gasteiger partial charge in [0, 0.05) is 18.0 Å². The second-order valence-corrected chi connectivity index (χ2v) is 5.75. The van der Waals surface area contributed by atoms with Gasteiger partial charge >= 0.3 is 0 Å². The Morgan fingerprint density at radius 2 is 2.56 bits per heavy atom. The topological polar surface area (TPSA) is 55.6 Å². The summed E-state index contributed by atoms with van der Waals surface area (Å²) in [5, 5.41) is 2.02. The first-order valence-corrected chi connectivity index (χ1v) is 7.23. The molecule has 4 nitrogen and oxygen atoms in total. The van der Waals surface area contributed by atoms with Crippen LogP contribution in [0.25, 0.3) is 0 Å². The van der Waals surface area contributed by atoms with Crippen molar-refractivity contribution >= 4 is 17.2 Å². The minimum Gasteiger partial charge on any atom is -0.376 e. The Hall–Kier alpha value is -0.910. The molecule has 100 valence electrons. The Bertz CT molecular complexity index is 372. The predicted molar refractivity (Wildman–Crippen MR) is 72.4 cm³/mol. The molecule has 0 saturated carbocycles. The van der Waals surface area contributed by atoms with E-state index < -0.39 is 6.04 Å². The van der Waals surface area contributed by atoms with Crippen molar-refractivity contribution in [3.63, 3.8) is 0 Å². The van der Waals surface area contributed by atoms with Crippen molar-refractivity contribution in [2.45, 2.75) is 38.5 Å². The first-order valence-electron chi connectivity index (χ1n) is 6.35. The van der Waals surface area contributed by atoms with E-state index in [-0.39, 0.29) is 12.0 Å². The largest absolute Gasteiger partial charge is 0.376 e. The molecule has 1 aliphatic heterocycles. The molecule has 1 aromatic heterocycles. The van der Waals surface area contributed by atoms with E-state index in [1.165, 1.54) is 4.88 Å². The lowest BCUT2D eigenvalue weighted by Gasteiger charge is -2.26. The fourth-order valence-electron chi connectivity index (χ4n) is 2.15. The summed E-state index contributed by atoms with van der Waals surface area (Å²) in [4.78, 5) is 15.1. The molecule has 0 spiro atoms. The zero-order valence-corrected chi connectivity index (χ0v) is 11.5. The summed E-state index contributed by atoms with van der Waals surface area (Å²) in [7, 11) is 0. The lowest BCUT2D eigenvalue weighted by Crippen LogP contribution is -2.44. The van der Waals surface area contributed by atoms with Gasteiger partial charge in [0.2, 0.25) is 5.91 Å². The average molecular weight is 268 g/mol. The van der Waals surface area contributed by atoms with Gasteiger partial charge in [-0.05, 0) is 31.2 Å². The molecule has 0 bridgehead atoms. The summed E-state index contributed by atoms with van der Waals surface area (Å²) < 4.78 is 5.60. The highest BCUT2D eigenvalue weighted by Gasteiger charge is 2.24. The third-order valence-electron chi connectivity index (χ3n) is 3.08. The van der Waals surface area contributed by atoms with E-state index in [4.69, 9.17) is 10.5 Å². The van der Waals surface area contributed by atoms with Crippen molar-refractivity contribution < 1.29 is 9.53 Å². The summed E-state index contributed by atoms with van der Waals surface area (Å²) in [5.41, 5.74) is 5.71. The van der Waals surface area contributed by atoms with E-state index in [9.17, 15) is 4.79 Å². The summed E-state index contributed by atoms with van der Waals surface area (Å²) in [6.45, 7) is 3.83. The molecule has 0 radical (unpaired) electrons. The molecule has 1 aliphatic rings. The van der Waals surface area contributed by atoms with Crippen molar-refractivity contribution in [3.8, 4) is 0 Å². The number of hydrogen-bond donors (Lipinski definition) is 1. The Labute approximate surface area is 112 Å². The van der Waals surface area contributed by atoms with Gasteiger partial charge in [-0.2, -0.15) is 0 Å². The number of ether oxygens (including phenoxy) is 1. The van der Waals surface area contributed by atoms with Crippen molar-refractivity contribution in [3.05, 3.63) is 22.4 Å². The van der Waals surface area contributed by atoms with Crippen LogP contribution in [-0.2, 0) is 16.1 Å². The van der Waals surface area contributed by atoms with Crippen LogP contribution in [0.3, 0.4) is 0 Å². The fourth-order valence-corrected chi connectivity index (χ4v) is 2.86. The molecule has 0 aliphatic carbocycles. The molecular weight excluding hydrogens is 248 g/mol. The standard InChI is InChI=1S/C13H20N2O2S/c1-10(14)13(16)15(8-11-4-2-6-17-11)9-12-5-3-7-18-12/h3,5,7,10-11H,2,4,6,8-9,14H2,1H3/t10-,11+/m0/s1. The molecule has 1 amide bonds. The molecule has 5 heteroatoms. The van der Waals surface area contributed by atoms with Gasteiger partial charge in [0.25, 0.3) is 0 Å². The molecule has 2 N–H and O–H groups in total. The van der Waals surface area contributed by atoms with E-state index >= 15 is 0 Å². The van der Waals surface area contributed by atoms with Gasteiger partial charge in [-0.1, -0.05) is 6.07 Å². The SMILES string of the molecule is C[C@H](N)C(=O)N(Cc1cccs1)C[C@H]1CCCO1. The van der Waals surface area contributed by atoms with Gasteiger partial charge in [-0.25, -0.2) is 0 Å². The summed E-state index contributed by atoms with van der Waals surface area (Å²) in [5.74, 6) is -0.00102. The molecule has 1 fully saturated rings. The molecule has 0 unspecified atom stereocenters. The molecule has 0 aromatic carbocycles. The fraction of sp³-hybridized carbons (Fsp3) is 0.615. The number of thiophene rings is 1. The lowest BCUT2D eigenvalue weighted by molar-refractivity contribution is -0.134. The maximum Gasteiger partial charge on any atom is 0.239 e. The first kappa shape index (κ1) is 13.5. The van der Waals surface area contributed by atoms with Gasteiger partial charge in [0.1, 0.15) is 0 Å². The van der Waals surface area contributed by atoms with Crippen molar-refractivity contribution in [1.29, 1.82) is 0 Å². The van der Waals surface area contributed by atoms with Crippen LogP contribution in [0.1, 0.15) is 24.6 Å². The Morgan fingerprint density at radius 1 is 1.72 bits per heavy atom. The quantitative estimate of drug-likeness (QED) is 0.882. The van der Waals surface area contributed by atoms with Crippen LogP contribution in [0.2, 0.25) is 0 Å². The minimum absolute atomic E-state index is 0.00102. The second kappa shape index (κ2) is 6.31. The van der Waals surface area contributed by atoms with Gasteiger partial charge in [-0.3, -0.25) is 4.79 Å². The molecule has 18 heavy (non-hydrogen) atoms. The van der Waals surface area contributed by atoms with Gasteiger partial charge in [0.15, 0.2) is 0 Å². The zero-order valence-electron chi connectivity index (χ0n) is 10.7. The predicted octanol–water partition coefficient (Wildman–Crippen LogP) is 1.60. The molecular formula is C13H20N2O2S. The van der Waals surface area contributed by atoms with E-state index in [2.05, 4.69) is 0 Å². The first-order chi connectivity index (χ1) is 8.66. The van der Waals surface area contributed by atoms with Crippen LogP contribution in [0, 0.1) is 0 Å². The number of nitrogens with zero attached hydrogens (tertiary/aromatic N) is 1. The van der Waals surface area contributed by atoms with Crippen LogP contribution in [-0.4, -0.2) is 36.1 Å². The molecule has 1 aromatic rings. The maximum absolute atomic E-state index is 12.1. The normalized spacial score (nSPS) is 20.9. The van der Waals surface area contributed by atoms with E-state index in [1.807, 2.05) is 22.4 Å².